The maximum atomic E-state index is 11.4. The second kappa shape index (κ2) is 9.57. The predicted octanol–water partition coefficient (Wildman–Crippen LogP) is 1.99. The molecule has 1 heterocycles. The van der Waals surface area contributed by atoms with Crippen molar-refractivity contribution < 1.29 is 28.5 Å². The molecule has 9 heteroatoms. The molecule has 0 bridgehead atoms. The van der Waals surface area contributed by atoms with Gasteiger partial charge in [-0.1, -0.05) is 23.4 Å². The zero-order chi connectivity index (χ0) is 19.3. The van der Waals surface area contributed by atoms with E-state index in [1.54, 1.807) is 12.1 Å². The van der Waals surface area contributed by atoms with Gasteiger partial charge in [0.1, 0.15) is 30.4 Å². The van der Waals surface area contributed by atoms with Crippen LogP contribution < -0.4 is 5.73 Å². The van der Waals surface area contributed by atoms with Crippen LogP contribution in [0.25, 0.3) is 0 Å². The van der Waals surface area contributed by atoms with Gasteiger partial charge in [0.15, 0.2) is 0 Å². The smallest absolute Gasteiger partial charge is 0.303 e. The van der Waals surface area contributed by atoms with Crippen LogP contribution in [0.2, 0.25) is 5.02 Å². The van der Waals surface area contributed by atoms with E-state index < -0.39 is 41.7 Å². The topological polar surface area (TPSA) is 97.1 Å². The molecular formula is C17H22ClNO6S. The molecule has 1 aliphatic rings. The lowest BCUT2D eigenvalue weighted by atomic mass is 9.98. The van der Waals surface area contributed by atoms with E-state index >= 15 is 0 Å². The van der Waals surface area contributed by atoms with E-state index in [1.165, 1.54) is 32.7 Å². The van der Waals surface area contributed by atoms with E-state index in [1.807, 2.05) is 12.1 Å². The highest BCUT2D eigenvalue weighted by Gasteiger charge is 2.47. The number of carbonyl (C=O) groups is 2. The lowest BCUT2D eigenvalue weighted by Gasteiger charge is -2.43. The minimum atomic E-state index is -0.793. The highest BCUT2D eigenvalue weighted by molar-refractivity contribution is 7.99. The lowest BCUT2D eigenvalue weighted by Crippen LogP contribution is -2.63. The number of halogens is 1. The van der Waals surface area contributed by atoms with Crippen molar-refractivity contribution >= 4 is 35.3 Å². The Hall–Kier alpha value is -1.32. The summed E-state index contributed by atoms with van der Waals surface area (Å²) in [6.07, 6.45) is -2.03. The number of hydrogen-bond donors (Lipinski definition) is 1. The van der Waals surface area contributed by atoms with Gasteiger partial charge in [-0.05, 0) is 24.3 Å². The van der Waals surface area contributed by atoms with Crippen LogP contribution in [0.4, 0.5) is 0 Å². The third kappa shape index (κ3) is 5.59. The Morgan fingerprint density at radius 1 is 1.19 bits per heavy atom. The van der Waals surface area contributed by atoms with E-state index in [0.29, 0.717) is 5.02 Å². The summed E-state index contributed by atoms with van der Waals surface area (Å²) in [5.41, 5.74) is 5.81. The average Bonchev–Trinajstić information content (AvgIpc) is 2.57. The number of nitrogens with two attached hydrogens (primary N) is 1. The van der Waals surface area contributed by atoms with Gasteiger partial charge in [0.05, 0.1) is 6.04 Å². The molecule has 2 N–H and O–H groups in total. The summed E-state index contributed by atoms with van der Waals surface area (Å²) in [7, 11) is 1.51. The fourth-order valence-electron chi connectivity index (χ4n) is 2.63. The molecule has 5 atom stereocenters. The minimum Gasteiger partial charge on any atom is -0.463 e. The number of rotatable bonds is 6. The summed E-state index contributed by atoms with van der Waals surface area (Å²) in [5, 5.41) is 0.626. The van der Waals surface area contributed by atoms with Crippen LogP contribution in [0.5, 0.6) is 0 Å². The van der Waals surface area contributed by atoms with E-state index in [0.717, 1.165) is 4.90 Å². The summed E-state index contributed by atoms with van der Waals surface area (Å²) < 4.78 is 21.9. The third-order valence-electron chi connectivity index (χ3n) is 3.79. The molecule has 1 fully saturated rings. The van der Waals surface area contributed by atoms with Crippen molar-refractivity contribution in [2.45, 2.75) is 48.5 Å². The minimum absolute atomic E-state index is 0.0743. The normalized spacial score (nSPS) is 28.4. The first kappa shape index (κ1) is 21.0. The van der Waals surface area contributed by atoms with Gasteiger partial charge in [-0.15, -0.1) is 0 Å². The van der Waals surface area contributed by atoms with Crippen LogP contribution >= 0.6 is 23.4 Å². The SMILES string of the molecule is COC1C(Sc2ccc(Cl)cc2)OC(COC(C)=O)C(OC(C)=O)C1N. The van der Waals surface area contributed by atoms with Gasteiger partial charge in [-0.2, -0.15) is 0 Å². The van der Waals surface area contributed by atoms with Crippen molar-refractivity contribution in [2.75, 3.05) is 13.7 Å². The summed E-state index contributed by atoms with van der Waals surface area (Å²) >= 11 is 7.31. The van der Waals surface area contributed by atoms with Crippen LogP contribution in [0.3, 0.4) is 0 Å². The quantitative estimate of drug-likeness (QED) is 0.720. The second-order valence-electron chi connectivity index (χ2n) is 5.77. The monoisotopic (exact) mass is 403 g/mol. The first-order chi connectivity index (χ1) is 12.3. The number of ether oxygens (including phenoxy) is 4. The Bertz CT molecular complexity index is 628. The van der Waals surface area contributed by atoms with Gasteiger partial charge in [-0.3, -0.25) is 9.59 Å². The highest BCUT2D eigenvalue weighted by atomic mass is 35.5. The van der Waals surface area contributed by atoms with Gasteiger partial charge in [0.2, 0.25) is 0 Å². The first-order valence-electron chi connectivity index (χ1n) is 7.98. The number of benzene rings is 1. The zero-order valence-corrected chi connectivity index (χ0v) is 16.3. The molecule has 1 aliphatic heterocycles. The van der Waals surface area contributed by atoms with Gasteiger partial charge < -0.3 is 24.7 Å². The van der Waals surface area contributed by atoms with Gasteiger partial charge >= 0.3 is 11.9 Å². The summed E-state index contributed by atoms with van der Waals surface area (Å²) in [5.74, 6) is -0.958. The molecule has 1 aromatic rings. The Morgan fingerprint density at radius 3 is 2.38 bits per heavy atom. The maximum Gasteiger partial charge on any atom is 0.303 e. The molecule has 144 valence electrons. The molecule has 0 aliphatic carbocycles. The van der Waals surface area contributed by atoms with E-state index in [-0.39, 0.29) is 6.61 Å². The van der Waals surface area contributed by atoms with Gasteiger partial charge in [0, 0.05) is 30.9 Å². The van der Waals surface area contributed by atoms with Crippen molar-refractivity contribution in [3.05, 3.63) is 29.3 Å². The van der Waals surface area contributed by atoms with Crippen LogP contribution in [0.15, 0.2) is 29.2 Å². The van der Waals surface area contributed by atoms with Crippen molar-refractivity contribution in [3.8, 4) is 0 Å². The number of carbonyl (C=O) groups excluding carboxylic acids is 2. The van der Waals surface area contributed by atoms with Crippen molar-refractivity contribution in [2.24, 2.45) is 5.73 Å². The largest absolute Gasteiger partial charge is 0.463 e. The fourth-order valence-corrected chi connectivity index (χ4v) is 3.95. The number of thioether (sulfide) groups is 1. The predicted molar refractivity (Wildman–Crippen MR) is 96.9 cm³/mol. The summed E-state index contributed by atoms with van der Waals surface area (Å²) in [6.45, 7) is 2.50. The number of methoxy groups -OCH3 is 1. The summed E-state index contributed by atoms with van der Waals surface area (Å²) in [4.78, 5) is 23.5. The fraction of sp³-hybridized carbons (Fsp3) is 0.529. The molecule has 0 spiro atoms. The maximum absolute atomic E-state index is 11.4. The Labute approximate surface area is 161 Å². The Morgan fingerprint density at radius 2 is 1.85 bits per heavy atom. The number of esters is 2. The van der Waals surface area contributed by atoms with Crippen LogP contribution in [0, 0.1) is 0 Å². The average molecular weight is 404 g/mol. The lowest BCUT2D eigenvalue weighted by molar-refractivity contribution is -0.196. The molecule has 7 nitrogen and oxygen atoms in total. The molecule has 0 aromatic heterocycles. The van der Waals surface area contributed by atoms with Crippen molar-refractivity contribution in [1.82, 2.24) is 0 Å². The Balaban J connectivity index is 2.20. The number of hydrogen-bond acceptors (Lipinski definition) is 8. The zero-order valence-electron chi connectivity index (χ0n) is 14.7. The molecule has 1 aromatic carbocycles. The molecule has 0 saturated carbocycles. The molecular weight excluding hydrogens is 382 g/mol. The van der Waals surface area contributed by atoms with E-state index in [2.05, 4.69) is 0 Å². The van der Waals surface area contributed by atoms with Crippen LogP contribution in [0.1, 0.15) is 13.8 Å². The molecule has 0 radical (unpaired) electrons. The van der Waals surface area contributed by atoms with Crippen molar-refractivity contribution in [1.29, 1.82) is 0 Å². The van der Waals surface area contributed by atoms with E-state index in [9.17, 15) is 9.59 Å². The van der Waals surface area contributed by atoms with Crippen LogP contribution in [-0.4, -0.2) is 55.4 Å². The van der Waals surface area contributed by atoms with Gasteiger partial charge in [-0.25, -0.2) is 0 Å². The van der Waals surface area contributed by atoms with Crippen LogP contribution in [-0.2, 0) is 28.5 Å². The van der Waals surface area contributed by atoms with Gasteiger partial charge in [0.25, 0.3) is 0 Å². The third-order valence-corrected chi connectivity index (χ3v) is 5.20. The molecule has 0 amide bonds. The molecule has 1 saturated heterocycles. The molecule has 26 heavy (non-hydrogen) atoms. The summed E-state index contributed by atoms with van der Waals surface area (Å²) in [6, 6.07) is 6.60. The highest BCUT2D eigenvalue weighted by Crippen LogP contribution is 2.35. The second-order valence-corrected chi connectivity index (χ2v) is 7.38. The standard InChI is InChI=1S/C17H22ClNO6S/c1-9(20)23-8-13-15(24-10(2)21)14(19)16(22-3)17(25-13)26-12-6-4-11(18)5-7-12/h4-7,13-17H,8,19H2,1-3H3. The first-order valence-corrected chi connectivity index (χ1v) is 9.24. The Kier molecular flexibility index (Phi) is 7.72. The molecule has 2 rings (SSSR count). The van der Waals surface area contributed by atoms with E-state index in [4.69, 9.17) is 36.3 Å². The van der Waals surface area contributed by atoms with Crippen molar-refractivity contribution in [3.63, 3.8) is 0 Å². The molecule has 5 unspecified atom stereocenters.